The fraction of sp³-hybridized carbons (Fsp3) is 0.221. The fourth-order valence-electron chi connectivity index (χ4n) is 12.6. The molecule has 82 heavy (non-hydrogen) atoms. The third kappa shape index (κ3) is 9.28. The maximum Gasteiger partial charge on any atom is 0.503 e. The molecular formula is C77H72N4O+2. The molecule has 404 valence electrons. The molecule has 9 aromatic carbocycles. The van der Waals surface area contributed by atoms with Gasteiger partial charge in [0.25, 0.3) is 11.4 Å². The summed E-state index contributed by atoms with van der Waals surface area (Å²) in [6.07, 6.45) is 3.87. The van der Waals surface area contributed by atoms with Crippen molar-refractivity contribution in [3.8, 4) is 61.8 Å². The van der Waals surface area contributed by atoms with Crippen molar-refractivity contribution in [2.45, 2.75) is 111 Å². The normalized spacial score (nSPS) is 15.3. The van der Waals surface area contributed by atoms with Crippen molar-refractivity contribution >= 4 is 50.6 Å². The second-order valence-corrected chi connectivity index (χ2v) is 25.9. The number of hydrogen-bond donors (Lipinski definition) is 0. The van der Waals surface area contributed by atoms with Crippen LogP contribution < -0.4 is 13.9 Å². The van der Waals surface area contributed by atoms with Gasteiger partial charge in [-0.05, 0) is 155 Å². The lowest BCUT2D eigenvalue weighted by Crippen LogP contribution is -2.34. The van der Waals surface area contributed by atoms with Crippen LogP contribution in [-0.2, 0) is 21.7 Å². The summed E-state index contributed by atoms with van der Waals surface area (Å²) in [5.74, 6) is 1.81. The van der Waals surface area contributed by atoms with E-state index < -0.39 is 6.85 Å². The van der Waals surface area contributed by atoms with Crippen molar-refractivity contribution in [1.82, 2.24) is 18.7 Å². The van der Waals surface area contributed by atoms with E-state index in [1.165, 1.54) is 27.8 Å². The smallest absolute Gasteiger partial charge is 0.457 e. The predicted molar refractivity (Wildman–Crippen MR) is 345 cm³/mol. The third-order valence-corrected chi connectivity index (χ3v) is 17.3. The molecule has 1 aliphatic carbocycles. The molecule has 0 atom stereocenters. The summed E-state index contributed by atoms with van der Waals surface area (Å²) < 4.78 is 40.7. The number of fused-ring (bicyclic) bond motifs is 5. The first kappa shape index (κ1) is 49.0. The summed E-state index contributed by atoms with van der Waals surface area (Å²) in [7, 11) is 0. The van der Waals surface area contributed by atoms with Crippen molar-refractivity contribution in [1.29, 1.82) is 0 Å². The monoisotopic (exact) mass is 1070 g/mol. The fourth-order valence-corrected chi connectivity index (χ4v) is 12.6. The van der Waals surface area contributed by atoms with E-state index in [0.717, 1.165) is 90.8 Å². The molecule has 0 N–H and O–H groups in total. The van der Waals surface area contributed by atoms with Crippen LogP contribution in [0.5, 0.6) is 11.5 Å². The second kappa shape index (κ2) is 19.7. The van der Waals surface area contributed by atoms with Gasteiger partial charge in [0.15, 0.2) is 0 Å². The molecule has 5 heteroatoms. The molecule has 0 amide bonds. The molecule has 0 spiro atoms. The number of pyridine rings is 1. The van der Waals surface area contributed by atoms with Crippen molar-refractivity contribution < 1.29 is 8.85 Å². The minimum atomic E-state index is -2.43. The van der Waals surface area contributed by atoms with E-state index in [9.17, 15) is 0 Å². The van der Waals surface area contributed by atoms with E-state index in [0.29, 0.717) is 22.9 Å². The van der Waals surface area contributed by atoms with Crippen LogP contribution in [0.1, 0.15) is 114 Å². The Kier molecular flexibility index (Phi) is 11.8. The maximum absolute atomic E-state index is 9.09. The molecule has 13 rings (SSSR count). The molecule has 5 nitrogen and oxygen atoms in total. The van der Waals surface area contributed by atoms with Crippen LogP contribution in [0.15, 0.2) is 212 Å². The van der Waals surface area contributed by atoms with Crippen LogP contribution in [0.4, 0.5) is 22.7 Å². The first-order valence-electron chi connectivity index (χ1n) is 30.4. The van der Waals surface area contributed by atoms with Crippen LogP contribution in [0.25, 0.3) is 72.1 Å². The average Bonchev–Trinajstić information content (AvgIpc) is 1.91. The highest BCUT2D eigenvalue weighted by Crippen LogP contribution is 2.51. The average molecular weight is 1070 g/mol. The van der Waals surface area contributed by atoms with Crippen molar-refractivity contribution in [2.75, 3.05) is 0 Å². The standard InChI is InChI=1S/C77H72N4O/c1-50-41-71(78-48-65(50)64-31-22-32-66-72(64)77(10,11)40-39-76(66,8)9)81-69-45-55(74(2,3)4)35-37-62(69)63-38-36-59(47-70(63)81)82-58-28-20-27-57(46-58)79-49-80(68-34-19-18-33-67(68)79)73-60(52-25-16-13-17-26-52)29-21-30-61(73)54-42-53(51-23-14-12-15-24-51)43-56(44-54)75(5,6)7/h12-38,41-48H,39-40H2,1-11H3/q+2/i1D3. The quantitative estimate of drug-likeness (QED) is 0.135. The summed E-state index contributed by atoms with van der Waals surface area (Å²) in [5, 5.41) is 2.05. The predicted octanol–water partition coefficient (Wildman–Crippen LogP) is 20.7. The molecule has 0 radical (unpaired) electrons. The Morgan fingerprint density at radius 2 is 1.10 bits per heavy atom. The number of aromatic nitrogens is 2. The summed E-state index contributed by atoms with van der Waals surface area (Å²) >= 11 is 0. The highest BCUT2D eigenvalue weighted by molar-refractivity contribution is 6.10. The van der Waals surface area contributed by atoms with Gasteiger partial charge in [-0.2, -0.15) is 0 Å². The molecule has 0 saturated heterocycles. The van der Waals surface area contributed by atoms with Crippen LogP contribution in [0.3, 0.4) is 0 Å². The number of para-hydroxylation sites is 3. The molecule has 0 saturated carbocycles. The van der Waals surface area contributed by atoms with Crippen molar-refractivity contribution in [3.05, 3.63) is 240 Å². The Hall–Kier alpha value is -8.89. The lowest BCUT2D eigenvalue weighted by atomic mass is 9.61. The van der Waals surface area contributed by atoms with E-state index in [-0.39, 0.29) is 27.2 Å². The van der Waals surface area contributed by atoms with Gasteiger partial charge in [-0.15, -0.1) is 0 Å². The van der Waals surface area contributed by atoms with Gasteiger partial charge < -0.3 is 4.74 Å². The zero-order chi connectivity index (χ0) is 59.4. The molecule has 11 aromatic rings. The summed E-state index contributed by atoms with van der Waals surface area (Å²) in [5.41, 5.74) is 18.8. The largest absolute Gasteiger partial charge is 0.503 e. The Morgan fingerprint density at radius 1 is 0.500 bits per heavy atom. The van der Waals surface area contributed by atoms with Gasteiger partial charge in [-0.1, -0.05) is 197 Å². The zero-order valence-electron chi connectivity index (χ0n) is 51.8. The summed E-state index contributed by atoms with van der Waals surface area (Å²) in [4.78, 5) is 5.24. The molecular weight excluding hydrogens is 997 g/mol. The molecule has 3 heterocycles. The lowest BCUT2D eigenvalue weighted by Gasteiger charge is -2.43. The van der Waals surface area contributed by atoms with Crippen LogP contribution >= 0.6 is 0 Å². The van der Waals surface area contributed by atoms with Crippen LogP contribution in [0.2, 0.25) is 0 Å². The maximum atomic E-state index is 9.09. The van der Waals surface area contributed by atoms with Gasteiger partial charge in [-0.3, -0.25) is 4.57 Å². The SMILES string of the molecule is [2H]C([2H])([2H])c1cc(-n2c3cc(Oc4cccc([N+]5=C=[N+](c6c(-c7ccccc7)cccc6-c6cc(-c7ccccc7)cc(C(C)(C)C)c6)c6ccccc65)c4)ccc3c3ccc(C(C)(C)C)cc32)ncc1-c1cccc2c1C(C)(C)CCC2(C)C. The van der Waals surface area contributed by atoms with Gasteiger partial charge in [0.1, 0.15) is 17.3 Å². The molecule has 0 bridgehead atoms. The number of benzene rings is 9. The highest BCUT2D eigenvalue weighted by Gasteiger charge is 2.41. The number of ether oxygens (including phenoxy) is 1. The first-order chi connectivity index (χ1) is 40.5. The third-order valence-electron chi connectivity index (χ3n) is 17.3. The summed E-state index contributed by atoms with van der Waals surface area (Å²) in [6, 6.07) is 76.6. The van der Waals surface area contributed by atoms with E-state index in [1.807, 2.05) is 18.2 Å². The number of rotatable bonds is 9. The van der Waals surface area contributed by atoms with Gasteiger partial charge in [-0.25, -0.2) is 4.98 Å². The van der Waals surface area contributed by atoms with E-state index in [1.54, 1.807) is 12.3 Å². The first-order valence-corrected chi connectivity index (χ1v) is 28.9. The van der Waals surface area contributed by atoms with Gasteiger partial charge in [0.05, 0.1) is 28.2 Å². The topological polar surface area (TPSA) is 33.1 Å². The minimum Gasteiger partial charge on any atom is -0.457 e. The Bertz CT molecular complexity index is 4540. The highest BCUT2D eigenvalue weighted by atomic mass is 16.5. The Labute approximate surface area is 488 Å². The van der Waals surface area contributed by atoms with Crippen LogP contribution in [-0.4, -0.2) is 15.6 Å². The number of hydrogen-bond acceptors (Lipinski definition) is 2. The van der Waals surface area contributed by atoms with E-state index in [4.69, 9.17) is 13.8 Å². The number of aryl methyl sites for hydroxylation is 1. The zero-order valence-corrected chi connectivity index (χ0v) is 48.8. The van der Waals surface area contributed by atoms with Gasteiger partial charge >= 0.3 is 6.01 Å². The van der Waals surface area contributed by atoms with Crippen LogP contribution in [0, 0.1) is 6.85 Å². The van der Waals surface area contributed by atoms with Crippen molar-refractivity contribution in [3.63, 3.8) is 0 Å². The number of nitrogens with zero attached hydrogens (tertiary/aromatic N) is 4. The van der Waals surface area contributed by atoms with Gasteiger partial charge in [0, 0.05) is 50.9 Å². The molecule has 2 aromatic heterocycles. The molecule has 0 fully saturated rings. The molecule has 0 unspecified atom stereocenters. The van der Waals surface area contributed by atoms with E-state index in [2.05, 4.69) is 271 Å². The van der Waals surface area contributed by atoms with Gasteiger partial charge in [0.2, 0.25) is 11.4 Å². The minimum absolute atomic E-state index is 0.0461. The lowest BCUT2D eigenvalue weighted by molar-refractivity contribution is 0.333. The Balaban J connectivity index is 0.948. The van der Waals surface area contributed by atoms with E-state index >= 15 is 0 Å². The molecule has 2 aliphatic rings. The second-order valence-electron chi connectivity index (χ2n) is 25.9. The van der Waals surface area contributed by atoms with Crippen molar-refractivity contribution in [2.24, 2.45) is 0 Å². The molecule has 1 aliphatic heterocycles. The summed E-state index contributed by atoms with van der Waals surface area (Å²) in [6.45, 7) is 20.2. The Morgan fingerprint density at radius 3 is 1.82 bits per heavy atom.